The molecular weight excluding hydrogens is 142 g/mol. The van der Waals surface area contributed by atoms with E-state index in [-0.39, 0.29) is 23.7 Å². The number of carbonyl (C=O) groups excluding carboxylic acids is 2. The summed E-state index contributed by atoms with van der Waals surface area (Å²) in [5.41, 5.74) is -0.285. The van der Waals surface area contributed by atoms with Gasteiger partial charge in [0.05, 0.1) is 6.42 Å². The summed E-state index contributed by atoms with van der Waals surface area (Å²) in [5.74, 6) is -0.0799. The Kier molecular flexibility index (Phi) is 1.98. The number of amides is 1. The van der Waals surface area contributed by atoms with E-state index in [4.69, 9.17) is 0 Å². The van der Waals surface area contributed by atoms with Crippen LogP contribution in [0.5, 0.6) is 0 Å². The maximum Gasteiger partial charge on any atom is 0.227 e. The molecule has 1 atom stereocenters. The second kappa shape index (κ2) is 2.64. The highest BCUT2D eigenvalue weighted by atomic mass is 16.2. The third kappa shape index (κ3) is 1.79. The molecule has 0 bridgehead atoms. The monoisotopic (exact) mass is 155 g/mol. The summed E-state index contributed by atoms with van der Waals surface area (Å²) in [5, 5.41) is 2.81. The van der Waals surface area contributed by atoms with Gasteiger partial charge in [-0.2, -0.15) is 0 Å². The van der Waals surface area contributed by atoms with Crippen LogP contribution in [0.2, 0.25) is 0 Å². The van der Waals surface area contributed by atoms with Crippen LogP contribution in [0.1, 0.15) is 33.1 Å². The molecule has 1 heterocycles. The largest absolute Gasteiger partial charge is 0.350 e. The van der Waals surface area contributed by atoms with Crippen molar-refractivity contribution in [1.82, 2.24) is 5.32 Å². The van der Waals surface area contributed by atoms with Crippen LogP contribution < -0.4 is 5.32 Å². The quantitative estimate of drug-likeness (QED) is 0.565. The van der Waals surface area contributed by atoms with Gasteiger partial charge in [-0.15, -0.1) is 0 Å². The lowest BCUT2D eigenvalue weighted by molar-refractivity contribution is -0.134. The average molecular weight is 155 g/mol. The van der Waals surface area contributed by atoms with Gasteiger partial charge in [0.15, 0.2) is 0 Å². The van der Waals surface area contributed by atoms with Crippen LogP contribution >= 0.6 is 0 Å². The Balaban J connectivity index is 2.70. The van der Waals surface area contributed by atoms with Gasteiger partial charge in [0.1, 0.15) is 5.78 Å². The second-order valence-corrected chi connectivity index (χ2v) is 3.35. The Morgan fingerprint density at radius 3 is 2.64 bits per heavy atom. The molecule has 1 saturated heterocycles. The van der Waals surface area contributed by atoms with Gasteiger partial charge in [-0.25, -0.2) is 0 Å². The summed E-state index contributed by atoms with van der Waals surface area (Å²) in [6.07, 6.45) is 1.36. The predicted octanol–water partition coefficient (Wildman–Crippen LogP) is 0.634. The van der Waals surface area contributed by atoms with E-state index in [1.807, 2.05) is 13.8 Å². The van der Waals surface area contributed by atoms with Crippen LogP contribution in [0, 0.1) is 0 Å². The Labute approximate surface area is 66.2 Å². The Morgan fingerprint density at radius 1 is 1.55 bits per heavy atom. The highest BCUT2D eigenvalue weighted by Gasteiger charge is 2.32. The molecule has 0 aromatic heterocycles. The maximum absolute atomic E-state index is 11.0. The summed E-state index contributed by atoms with van der Waals surface area (Å²) in [4.78, 5) is 21.9. The molecule has 0 saturated carbocycles. The molecule has 0 radical (unpaired) electrons. The predicted molar refractivity (Wildman–Crippen MR) is 41.1 cm³/mol. The summed E-state index contributed by atoms with van der Waals surface area (Å²) in [6, 6.07) is 0. The lowest BCUT2D eigenvalue weighted by atomic mass is 9.87. The lowest BCUT2D eigenvalue weighted by Crippen LogP contribution is -2.51. The van der Waals surface area contributed by atoms with E-state index in [0.29, 0.717) is 6.42 Å². The summed E-state index contributed by atoms with van der Waals surface area (Å²) >= 11 is 0. The molecule has 0 spiro atoms. The third-order valence-corrected chi connectivity index (χ3v) is 2.17. The van der Waals surface area contributed by atoms with Gasteiger partial charge in [0.2, 0.25) is 5.91 Å². The van der Waals surface area contributed by atoms with Gasteiger partial charge >= 0.3 is 0 Å². The van der Waals surface area contributed by atoms with Gasteiger partial charge in [-0.1, -0.05) is 6.92 Å². The number of Topliss-reactive ketones (excluding diaryl/α,β-unsaturated/α-hetero) is 1. The number of nitrogens with one attached hydrogen (secondary N) is 1. The first-order valence-corrected chi connectivity index (χ1v) is 3.88. The van der Waals surface area contributed by atoms with Crippen LogP contribution in [0.15, 0.2) is 0 Å². The molecule has 0 aliphatic carbocycles. The Morgan fingerprint density at radius 2 is 2.18 bits per heavy atom. The first kappa shape index (κ1) is 8.24. The third-order valence-electron chi connectivity index (χ3n) is 2.17. The van der Waals surface area contributed by atoms with E-state index in [1.54, 1.807) is 0 Å². The minimum absolute atomic E-state index is 0.0538. The van der Waals surface area contributed by atoms with Crippen molar-refractivity contribution in [2.75, 3.05) is 0 Å². The highest BCUT2D eigenvalue weighted by Crippen LogP contribution is 2.19. The van der Waals surface area contributed by atoms with Crippen molar-refractivity contribution in [2.45, 2.75) is 38.6 Å². The lowest BCUT2D eigenvalue weighted by Gasteiger charge is -2.32. The number of ketones is 1. The summed E-state index contributed by atoms with van der Waals surface area (Å²) in [6.45, 7) is 3.88. The van der Waals surface area contributed by atoms with E-state index < -0.39 is 0 Å². The number of hydrogen-bond donors (Lipinski definition) is 1. The smallest absolute Gasteiger partial charge is 0.227 e. The zero-order chi connectivity index (χ0) is 8.48. The molecule has 1 aliphatic rings. The molecule has 3 heteroatoms. The number of carbonyl (C=O) groups is 2. The van der Waals surface area contributed by atoms with E-state index >= 15 is 0 Å². The highest BCUT2D eigenvalue weighted by molar-refractivity contribution is 6.01. The molecular formula is C8H13NO2. The normalized spacial score (nSPS) is 31.8. The van der Waals surface area contributed by atoms with E-state index in [1.165, 1.54) is 0 Å². The molecule has 0 aromatic rings. The van der Waals surface area contributed by atoms with Crippen LogP contribution in [0.3, 0.4) is 0 Å². The Hall–Kier alpha value is -0.860. The number of hydrogen-bond acceptors (Lipinski definition) is 2. The summed E-state index contributed by atoms with van der Waals surface area (Å²) in [7, 11) is 0. The van der Waals surface area contributed by atoms with E-state index in [2.05, 4.69) is 5.32 Å². The molecule has 1 aliphatic heterocycles. The van der Waals surface area contributed by atoms with Gasteiger partial charge < -0.3 is 5.32 Å². The fraction of sp³-hybridized carbons (Fsp3) is 0.750. The average Bonchev–Trinajstić information content (AvgIpc) is 1.84. The van der Waals surface area contributed by atoms with E-state index in [9.17, 15) is 9.59 Å². The molecule has 11 heavy (non-hydrogen) atoms. The van der Waals surface area contributed by atoms with Crippen molar-refractivity contribution in [2.24, 2.45) is 0 Å². The zero-order valence-electron chi connectivity index (χ0n) is 6.94. The molecule has 1 amide bonds. The fourth-order valence-corrected chi connectivity index (χ4v) is 1.32. The van der Waals surface area contributed by atoms with Crippen LogP contribution in [-0.2, 0) is 9.59 Å². The molecule has 1 fully saturated rings. The standard InChI is InChI=1S/C8H13NO2/c1-3-8(2)5-6(10)4-7(11)9-8/h3-5H2,1-2H3,(H,9,11). The minimum atomic E-state index is -0.285. The molecule has 1 N–H and O–H groups in total. The van der Waals surface area contributed by atoms with Crippen molar-refractivity contribution >= 4 is 11.7 Å². The molecule has 1 rings (SSSR count). The molecule has 1 unspecified atom stereocenters. The molecule has 3 nitrogen and oxygen atoms in total. The maximum atomic E-state index is 11.0. The molecule has 0 aromatic carbocycles. The first-order chi connectivity index (χ1) is 5.06. The zero-order valence-corrected chi connectivity index (χ0v) is 6.94. The van der Waals surface area contributed by atoms with Crippen LogP contribution in [-0.4, -0.2) is 17.2 Å². The van der Waals surface area contributed by atoms with Gasteiger partial charge in [-0.3, -0.25) is 9.59 Å². The summed E-state index contributed by atoms with van der Waals surface area (Å²) < 4.78 is 0. The molecule has 62 valence electrons. The minimum Gasteiger partial charge on any atom is -0.350 e. The number of rotatable bonds is 1. The van der Waals surface area contributed by atoms with Crippen LogP contribution in [0.4, 0.5) is 0 Å². The fourth-order valence-electron chi connectivity index (χ4n) is 1.32. The van der Waals surface area contributed by atoms with Crippen molar-refractivity contribution in [3.05, 3.63) is 0 Å². The van der Waals surface area contributed by atoms with Crippen molar-refractivity contribution < 1.29 is 9.59 Å². The van der Waals surface area contributed by atoms with E-state index in [0.717, 1.165) is 6.42 Å². The van der Waals surface area contributed by atoms with Gasteiger partial charge in [0, 0.05) is 12.0 Å². The Bertz CT molecular complexity index is 182. The van der Waals surface area contributed by atoms with Crippen molar-refractivity contribution in [3.63, 3.8) is 0 Å². The first-order valence-electron chi connectivity index (χ1n) is 3.88. The number of piperidine rings is 1. The SMILES string of the molecule is CCC1(C)CC(=O)CC(=O)N1. The second-order valence-electron chi connectivity index (χ2n) is 3.35. The van der Waals surface area contributed by atoms with Crippen molar-refractivity contribution in [3.8, 4) is 0 Å². The van der Waals surface area contributed by atoms with Gasteiger partial charge in [0.25, 0.3) is 0 Å². The van der Waals surface area contributed by atoms with Crippen molar-refractivity contribution in [1.29, 1.82) is 0 Å². The van der Waals surface area contributed by atoms with Crippen LogP contribution in [0.25, 0.3) is 0 Å². The topological polar surface area (TPSA) is 46.2 Å². The van der Waals surface area contributed by atoms with Gasteiger partial charge in [-0.05, 0) is 13.3 Å².